The van der Waals surface area contributed by atoms with Crippen LogP contribution in [0.25, 0.3) is 0 Å². The SMILES string of the molecule is O=C(O)CC(C1CC1)n1nnnc1C1CC2CCC1C2. The van der Waals surface area contributed by atoms with E-state index in [1.807, 2.05) is 4.68 Å². The van der Waals surface area contributed by atoms with Gasteiger partial charge >= 0.3 is 5.97 Å². The normalized spacial score (nSPS) is 33.5. The molecular weight excluding hydrogens is 256 g/mol. The number of nitrogens with zero attached hydrogens (tertiary/aromatic N) is 4. The highest BCUT2D eigenvalue weighted by Gasteiger charge is 2.44. The van der Waals surface area contributed by atoms with Crippen LogP contribution in [-0.4, -0.2) is 31.3 Å². The molecule has 20 heavy (non-hydrogen) atoms. The predicted molar refractivity (Wildman–Crippen MR) is 70.0 cm³/mol. The average molecular weight is 276 g/mol. The molecule has 0 spiro atoms. The van der Waals surface area contributed by atoms with Crippen molar-refractivity contribution in [3.63, 3.8) is 0 Å². The van der Waals surface area contributed by atoms with Gasteiger partial charge in [0.1, 0.15) is 0 Å². The van der Waals surface area contributed by atoms with Crippen molar-refractivity contribution in [3.05, 3.63) is 5.82 Å². The van der Waals surface area contributed by atoms with Gasteiger partial charge in [-0.15, -0.1) is 5.10 Å². The van der Waals surface area contributed by atoms with Gasteiger partial charge in [0.15, 0.2) is 5.82 Å². The number of carboxylic acid groups (broad SMARTS) is 1. The van der Waals surface area contributed by atoms with Gasteiger partial charge in [-0.25, -0.2) is 4.68 Å². The molecule has 0 aromatic carbocycles. The van der Waals surface area contributed by atoms with Gasteiger partial charge in [0.05, 0.1) is 12.5 Å². The largest absolute Gasteiger partial charge is 0.481 e. The molecule has 2 bridgehead atoms. The van der Waals surface area contributed by atoms with Gasteiger partial charge in [0, 0.05) is 5.92 Å². The van der Waals surface area contributed by atoms with Crippen molar-refractivity contribution in [1.82, 2.24) is 20.2 Å². The Balaban J connectivity index is 1.62. The predicted octanol–water partition coefficient (Wildman–Crippen LogP) is 2.00. The summed E-state index contributed by atoms with van der Waals surface area (Å²) in [5.41, 5.74) is 0. The summed E-state index contributed by atoms with van der Waals surface area (Å²) in [6, 6.07) is -0.0448. The smallest absolute Gasteiger partial charge is 0.305 e. The summed E-state index contributed by atoms with van der Waals surface area (Å²) in [4.78, 5) is 11.1. The van der Waals surface area contributed by atoms with Crippen molar-refractivity contribution in [2.45, 2.75) is 56.9 Å². The van der Waals surface area contributed by atoms with Crippen LogP contribution in [0.4, 0.5) is 0 Å². The summed E-state index contributed by atoms with van der Waals surface area (Å²) in [6.45, 7) is 0. The first-order valence-corrected chi connectivity index (χ1v) is 7.72. The van der Waals surface area contributed by atoms with Crippen molar-refractivity contribution in [2.75, 3.05) is 0 Å². The number of rotatable bonds is 5. The van der Waals surface area contributed by atoms with E-state index in [0.717, 1.165) is 30.5 Å². The standard InChI is InChI=1S/C14H20N4O2/c19-13(20)7-12(9-3-4-9)18-14(15-16-17-18)11-6-8-1-2-10(11)5-8/h8-12H,1-7H2,(H,19,20). The van der Waals surface area contributed by atoms with Gasteiger partial charge in [-0.1, -0.05) is 6.42 Å². The maximum absolute atomic E-state index is 11.1. The molecule has 0 amide bonds. The fourth-order valence-corrected chi connectivity index (χ4v) is 4.35. The summed E-state index contributed by atoms with van der Waals surface area (Å²) < 4.78 is 1.86. The topological polar surface area (TPSA) is 80.9 Å². The zero-order chi connectivity index (χ0) is 13.7. The van der Waals surface area contributed by atoms with E-state index in [-0.39, 0.29) is 12.5 Å². The second-order valence-corrected chi connectivity index (χ2v) is 6.77. The molecule has 1 N–H and O–H groups in total. The van der Waals surface area contributed by atoms with Crippen LogP contribution in [0.5, 0.6) is 0 Å². The van der Waals surface area contributed by atoms with E-state index in [2.05, 4.69) is 15.5 Å². The molecule has 1 aromatic heterocycles. The highest BCUT2D eigenvalue weighted by Crippen LogP contribution is 2.53. The van der Waals surface area contributed by atoms with E-state index in [1.165, 1.54) is 25.7 Å². The molecule has 108 valence electrons. The van der Waals surface area contributed by atoms with Crippen LogP contribution in [-0.2, 0) is 4.79 Å². The number of tetrazole rings is 1. The molecule has 3 saturated carbocycles. The number of aromatic nitrogens is 4. The number of hydrogen-bond donors (Lipinski definition) is 1. The minimum atomic E-state index is -0.753. The van der Waals surface area contributed by atoms with Crippen LogP contribution in [0.2, 0.25) is 0 Å². The zero-order valence-corrected chi connectivity index (χ0v) is 11.5. The van der Waals surface area contributed by atoms with Crippen LogP contribution < -0.4 is 0 Å². The molecule has 3 aliphatic rings. The van der Waals surface area contributed by atoms with Gasteiger partial charge in [0.2, 0.25) is 0 Å². The fourth-order valence-electron chi connectivity index (χ4n) is 4.35. The van der Waals surface area contributed by atoms with Crippen LogP contribution in [0.1, 0.15) is 62.7 Å². The van der Waals surface area contributed by atoms with Gasteiger partial charge in [0.25, 0.3) is 0 Å². The number of carboxylic acids is 1. The highest BCUT2D eigenvalue weighted by molar-refractivity contribution is 5.67. The first-order valence-electron chi connectivity index (χ1n) is 7.72. The van der Waals surface area contributed by atoms with Gasteiger partial charge in [-0.05, 0) is 60.3 Å². The molecule has 0 radical (unpaired) electrons. The highest BCUT2D eigenvalue weighted by atomic mass is 16.4. The molecule has 3 aliphatic carbocycles. The monoisotopic (exact) mass is 276 g/mol. The third-order valence-electron chi connectivity index (χ3n) is 5.45. The quantitative estimate of drug-likeness (QED) is 0.889. The third-order valence-corrected chi connectivity index (χ3v) is 5.45. The number of carbonyl (C=O) groups is 1. The average Bonchev–Trinajstić information content (AvgIpc) is 2.87. The molecule has 3 fully saturated rings. The Morgan fingerprint density at radius 2 is 2.15 bits per heavy atom. The lowest BCUT2D eigenvalue weighted by Gasteiger charge is -2.23. The Morgan fingerprint density at radius 1 is 1.30 bits per heavy atom. The molecule has 4 unspecified atom stereocenters. The van der Waals surface area contributed by atoms with Crippen LogP contribution in [0, 0.1) is 17.8 Å². The zero-order valence-electron chi connectivity index (χ0n) is 11.5. The summed E-state index contributed by atoms with van der Waals surface area (Å²) in [5.74, 6) is 2.67. The Hall–Kier alpha value is -1.46. The first-order chi connectivity index (χ1) is 9.72. The van der Waals surface area contributed by atoms with Crippen molar-refractivity contribution >= 4 is 5.97 Å². The molecule has 0 aliphatic heterocycles. The minimum absolute atomic E-state index is 0.0448. The number of aliphatic carboxylic acids is 1. The molecule has 6 nitrogen and oxygen atoms in total. The summed E-state index contributed by atoms with van der Waals surface area (Å²) >= 11 is 0. The van der Waals surface area contributed by atoms with E-state index in [1.54, 1.807) is 0 Å². The molecule has 1 heterocycles. The van der Waals surface area contributed by atoms with Crippen molar-refractivity contribution < 1.29 is 9.90 Å². The molecule has 4 rings (SSSR count). The maximum Gasteiger partial charge on any atom is 0.305 e. The van der Waals surface area contributed by atoms with Crippen LogP contribution in [0.3, 0.4) is 0 Å². The second-order valence-electron chi connectivity index (χ2n) is 6.77. The van der Waals surface area contributed by atoms with Crippen LogP contribution >= 0.6 is 0 Å². The summed E-state index contributed by atoms with van der Waals surface area (Å²) in [5, 5.41) is 21.4. The Labute approximate surface area is 117 Å². The van der Waals surface area contributed by atoms with E-state index < -0.39 is 5.97 Å². The summed E-state index contributed by atoms with van der Waals surface area (Å²) in [7, 11) is 0. The van der Waals surface area contributed by atoms with Gasteiger partial charge in [-0.2, -0.15) is 0 Å². The molecule has 6 heteroatoms. The first kappa shape index (κ1) is 12.3. The van der Waals surface area contributed by atoms with Gasteiger partial charge < -0.3 is 5.11 Å². The Kier molecular flexibility index (Phi) is 2.79. The molecular formula is C14H20N4O2. The maximum atomic E-state index is 11.1. The third kappa shape index (κ3) is 2.01. The lowest BCUT2D eigenvalue weighted by atomic mass is 9.88. The van der Waals surface area contributed by atoms with Crippen molar-refractivity contribution in [2.24, 2.45) is 17.8 Å². The van der Waals surface area contributed by atoms with E-state index in [9.17, 15) is 4.79 Å². The number of fused-ring (bicyclic) bond motifs is 2. The Morgan fingerprint density at radius 3 is 2.75 bits per heavy atom. The van der Waals surface area contributed by atoms with E-state index >= 15 is 0 Å². The van der Waals surface area contributed by atoms with Crippen LogP contribution in [0.15, 0.2) is 0 Å². The van der Waals surface area contributed by atoms with E-state index in [4.69, 9.17) is 5.11 Å². The summed E-state index contributed by atoms with van der Waals surface area (Å²) in [6.07, 6.45) is 7.49. The lowest BCUT2D eigenvalue weighted by molar-refractivity contribution is -0.138. The Bertz CT molecular complexity index is 525. The second kappa shape index (κ2) is 4.53. The lowest BCUT2D eigenvalue weighted by Crippen LogP contribution is -2.23. The van der Waals surface area contributed by atoms with Gasteiger partial charge in [-0.3, -0.25) is 4.79 Å². The fraction of sp³-hybridized carbons (Fsp3) is 0.857. The molecule has 1 aromatic rings. The van der Waals surface area contributed by atoms with E-state index in [0.29, 0.717) is 11.8 Å². The number of hydrogen-bond acceptors (Lipinski definition) is 4. The van der Waals surface area contributed by atoms with Crippen molar-refractivity contribution in [1.29, 1.82) is 0 Å². The molecule has 4 atom stereocenters. The minimum Gasteiger partial charge on any atom is -0.481 e. The molecule has 0 saturated heterocycles. The van der Waals surface area contributed by atoms with Crippen molar-refractivity contribution in [3.8, 4) is 0 Å².